The van der Waals surface area contributed by atoms with Gasteiger partial charge in [0.1, 0.15) is 5.15 Å². The highest BCUT2D eigenvalue weighted by Crippen LogP contribution is 2.54. The number of hydrogen-bond acceptors (Lipinski definition) is 4. The van der Waals surface area contributed by atoms with Crippen LogP contribution >= 0.6 is 27.5 Å². The van der Waals surface area contributed by atoms with E-state index in [1.165, 1.54) is 0 Å². The molecule has 2 aromatic heterocycles. The Bertz CT molecular complexity index is 1060. The Morgan fingerprint density at radius 2 is 2.04 bits per heavy atom. The van der Waals surface area contributed by atoms with Crippen LogP contribution in [0.2, 0.25) is 5.15 Å². The normalized spacial score (nSPS) is 20.0. The third kappa shape index (κ3) is 2.69. The van der Waals surface area contributed by atoms with Gasteiger partial charge < -0.3 is 4.74 Å². The van der Waals surface area contributed by atoms with Gasteiger partial charge in [-0.3, -0.25) is 0 Å². The Morgan fingerprint density at radius 3 is 2.79 bits per heavy atom. The molecule has 2 aliphatic rings. The quantitative estimate of drug-likeness (QED) is 0.408. The van der Waals surface area contributed by atoms with Gasteiger partial charge in [0.05, 0.1) is 28.5 Å². The van der Waals surface area contributed by atoms with Gasteiger partial charge in [0, 0.05) is 16.9 Å². The van der Waals surface area contributed by atoms with Crippen molar-refractivity contribution in [3.05, 3.63) is 63.0 Å². The van der Waals surface area contributed by atoms with Crippen LogP contribution in [-0.2, 0) is 16.6 Å². The lowest BCUT2D eigenvalue weighted by Gasteiger charge is -2.31. The van der Waals surface area contributed by atoms with E-state index in [9.17, 15) is 4.79 Å². The molecule has 7 heteroatoms. The third-order valence-electron chi connectivity index (χ3n) is 6.26. The van der Waals surface area contributed by atoms with Crippen LogP contribution in [0.5, 0.6) is 0 Å². The fraction of sp³-hybridized carbons (Fsp3) is 0.381. The molecule has 1 atom stereocenters. The molecule has 5 nitrogen and oxygen atoms in total. The summed E-state index contributed by atoms with van der Waals surface area (Å²) >= 11 is 10.2. The minimum absolute atomic E-state index is 0.0681. The Balaban J connectivity index is 1.48. The number of ether oxygens (including phenoxy) is 1. The molecule has 1 saturated carbocycles. The van der Waals surface area contributed by atoms with Gasteiger partial charge >= 0.3 is 5.97 Å². The van der Waals surface area contributed by atoms with Crippen molar-refractivity contribution >= 4 is 39.1 Å². The molecule has 2 heterocycles. The van der Waals surface area contributed by atoms with E-state index in [0.717, 1.165) is 53.5 Å². The molecule has 5 rings (SSSR count). The molecule has 3 aromatic rings. The van der Waals surface area contributed by atoms with Crippen LogP contribution in [0.15, 0.2) is 41.0 Å². The van der Waals surface area contributed by atoms with Gasteiger partial charge in [-0.05, 0) is 47.3 Å². The zero-order valence-corrected chi connectivity index (χ0v) is 17.5. The number of carbonyl (C=O) groups is 1. The van der Waals surface area contributed by atoms with Crippen LogP contribution < -0.4 is 0 Å². The van der Waals surface area contributed by atoms with Crippen molar-refractivity contribution in [2.24, 2.45) is 5.92 Å². The minimum Gasteiger partial charge on any atom is -0.462 e. The van der Waals surface area contributed by atoms with Crippen molar-refractivity contribution in [3.63, 3.8) is 0 Å². The van der Waals surface area contributed by atoms with Crippen LogP contribution in [0.1, 0.15) is 47.3 Å². The van der Waals surface area contributed by atoms with Gasteiger partial charge in [-0.25, -0.2) is 14.3 Å². The summed E-state index contributed by atoms with van der Waals surface area (Å²) in [6, 6.07) is 9.14. The predicted octanol–water partition coefficient (Wildman–Crippen LogP) is 4.99. The van der Waals surface area contributed by atoms with E-state index in [4.69, 9.17) is 21.3 Å². The summed E-state index contributed by atoms with van der Waals surface area (Å²) < 4.78 is 8.25. The molecule has 0 radical (unpaired) electrons. The molecule has 28 heavy (non-hydrogen) atoms. The number of esters is 1. The lowest BCUT2D eigenvalue weighted by Crippen LogP contribution is -2.33. The highest BCUT2D eigenvalue weighted by Gasteiger charge is 2.51. The molecule has 0 saturated heterocycles. The molecule has 1 aromatic carbocycles. The first-order chi connectivity index (χ1) is 13.6. The molecule has 1 unspecified atom stereocenters. The average molecular weight is 461 g/mol. The van der Waals surface area contributed by atoms with Crippen molar-refractivity contribution in [2.75, 3.05) is 6.61 Å². The van der Waals surface area contributed by atoms with E-state index < -0.39 is 0 Å². The Labute approximate surface area is 176 Å². The number of halogens is 2. The zero-order valence-electron chi connectivity index (χ0n) is 15.2. The third-order valence-corrected chi connectivity index (χ3v) is 7.21. The van der Waals surface area contributed by atoms with Crippen molar-refractivity contribution in [1.29, 1.82) is 0 Å². The van der Waals surface area contributed by atoms with Crippen molar-refractivity contribution < 1.29 is 9.53 Å². The summed E-state index contributed by atoms with van der Waals surface area (Å²) in [5.74, 6) is -0.0881. The summed E-state index contributed by atoms with van der Waals surface area (Å²) in [4.78, 5) is 17.4. The van der Waals surface area contributed by atoms with E-state index in [-0.39, 0.29) is 17.3 Å². The average Bonchev–Trinajstić information content (AvgIpc) is 3.42. The molecule has 0 N–H and O–H groups in total. The fourth-order valence-corrected chi connectivity index (χ4v) is 5.53. The second kappa shape index (κ2) is 6.85. The molecule has 0 amide bonds. The molecular formula is C21H19BrClN3O2. The Morgan fingerprint density at radius 1 is 1.29 bits per heavy atom. The van der Waals surface area contributed by atoms with Gasteiger partial charge in [0.15, 0.2) is 5.65 Å². The summed E-state index contributed by atoms with van der Waals surface area (Å²) in [5.41, 5.74) is 3.38. The number of fused-ring (bicyclic) bond motifs is 3. The molecule has 1 fully saturated rings. The lowest BCUT2D eigenvalue weighted by atomic mass is 9.75. The van der Waals surface area contributed by atoms with E-state index in [2.05, 4.69) is 21.0 Å². The Kier molecular flexibility index (Phi) is 4.43. The number of hydrogen-bond donors (Lipinski definition) is 0. The molecule has 1 spiro atoms. The van der Waals surface area contributed by atoms with Gasteiger partial charge in [0.2, 0.25) is 0 Å². The van der Waals surface area contributed by atoms with E-state index >= 15 is 0 Å². The highest BCUT2D eigenvalue weighted by atomic mass is 79.9. The lowest BCUT2D eigenvalue weighted by molar-refractivity contribution is 0.0377. The molecule has 144 valence electrons. The summed E-state index contributed by atoms with van der Waals surface area (Å²) in [5, 5.41) is 4.96. The largest absolute Gasteiger partial charge is 0.462 e. The maximum absolute atomic E-state index is 12.5. The van der Waals surface area contributed by atoms with E-state index in [1.807, 2.05) is 18.2 Å². The second-order valence-electron chi connectivity index (χ2n) is 7.69. The maximum atomic E-state index is 12.5. The van der Waals surface area contributed by atoms with Crippen molar-refractivity contribution in [3.8, 4) is 0 Å². The predicted molar refractivity (Wildman–Crippen MR) is 110 cm³/mol. The van der Waals surface area contributed by atoms with E-state index in [1.54, 1.807) is 22.8 Å². The summed E-state index contributed by atoms with van der Waals surface area (Å²) in [7, 11) is 0. The number of rotatable bonds is 3. The molecule has 2 aliphatic carbocycles. The summed E-state index contributed by atoms with van der Waals surface area (Å²) in [6.07, 6.45) is 6.92. The summed E-state index contributed by atoms with van der Waals surface area (Å²) in [6.45, 7) is 0.379. The van der Waals surface area contributed by atoms with Crippen LogP contribution in [0.4, 0.5) is 0 Å². The van der Waals surface area contributed by atoms with Crippen LogP contribution in [0, 0.1) is 5.92 Å². The number of carbonyl (C=O) groups excluding carboxylic acids is 1. The monoisotopic (exact) mass is 459 g/mol. The highest BCUT2D eigenvalue weighted by molar-refractivity contribution is 9.10. The molecular weight excluding hydrogens is 442 g/mol. The first-order valence-corrected chi connectivity index (χ1v) is 10.7. The topological polar surface area (TPSA) is 56.5 Å². The van der Waals surface area contributed by atoms with Gasteiger partial charge in [-0.15, -0.1) is 0 Å². The van der Waals surface area contributed by atoms with Gasteiger partial charge in [-0.1, -0.05) is 42.6 Å². The number of benzene rings is 1. The van der Waals surface area contributed by atoms with Crippen molar-refractivity contribution in [2.45, 2.75) is 37.5 Å². The first kappa shape index (κ1) is 18.1. The van der Waals surface area contributed by atoms with Crippen LogP contribution in [-0.4, -0.2) is 27.2 Å². The van der Waals surface area contributed by atoms with Crippen LogP contribution in [0.25, 0.3) is 5.65 Å². The van der Waals surface area contributed by atoms with Crippen LogP contribution in [0.3, 0.4) is 0 Å². The fourth-order valence-electron chi connectivity index (χ4n) is 4.90. The van der Waals surface area contributed by atoms with Gasteiger partial charge in [0.25, 0.3) is 0 Å². The first-order valence-electron chi connectivity index (χ1n) is 9.54. The molecule has 0 aliphatic heterocycles. The van der Waals surface area contributed by atoms with Gasteiger partial charge in [-0.2, -0.15) is 5.10 Å². The SMILES string of the molecule is O=C(OCC1Cc2c(nc3c(Br)cnn3c2Cl)C12CCCC2)c1ccccc1. The standard InChI is InChI=1S/C21H19BrClN3O2/c22-16-11-24-26-18(23)15-10-14(12-28-20(27)13-6-2-1-3-7-13)21(8-4-5-9-21)17(15)25-19(16)26/h1-3,6-7,11,14H,4-5,8-10,12H2. The van der Waals surface area contributed by atoms with Crippen molar-refractivity contribution in [1.82, 2.24) is 14.6 Å². The zero-order chi connectivity index (χ0) is 19.3. The number of nitrogens with zero attached hydrogens (tertiary/aromatic N) is 3. The second-order valence-corrected chi connectivity index (χ2v) is 8.90. The Hall–Kier alpha value is -1.92. The van der Waals surface area contributed by atoms with E-state index in [0.29, 0.717) is 17.3 Å². The molecule has 0 bridgehead atoms. The number of aromatic nitrogens is 3. The maximum Gasteiger partial charge on any atom is 0.338 e. The smallest absolute Gasteiger partial charge is 0.338 e. The minimum atomic E-state index is -0.277.